The molecule has 6 heteroatoms. The molecular formula is C18H11Cl3N2O. The number of primary amides is 1. The van der Waals surface area contributed by atoms with Gasteiger partial charge >= 0.3 is 0 Å². The van der Waals surface area contributed by atoms with Crippen molar-refractivity contribution in [2.24, 2.45) is 5.73 Å². The molecule has 3 nitrogen and oxygen atoms in total. The van der Waals surface area contributed by atoms with Gasteiger partial charge in [-0.05, 0) is 42.0 Å². The second-order valence-corrected chi connectivity index (χ2v) is 6.40. The number of nitrogens with two attached hydrogens (primary N) is 1. The van der Waals surface area contributed by atoms with Crippen molar-refractivity contribution in [3.63, 3.8) is 0 Å². The second-order valence-electron chi connectivity index (χ2n) is 5.12. The molecule has 2 N–H and O–H groups in total. The zero-order chi connectivity index (χ0) is 17.3. The first kappa shape index (κ1) is 16.8. The van der Waals surface area contributed by atoms with Crippen LogP contribution in [0.4, 0.5) is 0 Å². The predicted molar refractivity (Wildman–Crippen MR) is 98.7 cm³/mol. The second kappa shape index (κ2) is 6.81. The highest BCUT2D eigenvalue weighted by Gasteiger charge is 2.15. The maximum Gasteiger partial charge on any atom is 0.250 e. The zero-order valence-corrected chi connectivity index (χ0v) is 14.5. The van der Waals surface area contributed by atoms with Crippen LogP contribution in [-0.2, 0) is 0 Å². The first-order valence-corrected chi connectivity index (χ1v) is 8.10. The van der Waals surface area contributed by atoms with E-state index in [9.17, 15) is 4.79 Å². The van der Waals surface area contributed by atoms with Crippen molar-refractivity contribution < 1.29 is 4.79 Å². The smallest absolute Gasteiger partial charge is 0.250 e. The summed E-state index contributed by atoms with van der Waals surface area (Å²) in [5.74, 6) is -0.550. The molecule has 0 radical (unpaired) electrons. The molecule has 2 aromatic carbocycles. The fourth-order valence-electron chi connectivity index (χ4n) is 2.35. The molecule has 1 heterocycles. The topological polar surface area (TPSA) is 56.0 Å². The highest BCUT2D eigenvalue weighted by Crippen LogP contribution is 2.36. The fourth-order valence-corrected chi connectivity index (χ4v) is 2.97. The number of rotatable bonds is 3. The van der Waals surface area contributed by atoms with Gasteiger partial charge in [-0.15, -0.1) is 0 Å². The molecule has 1 amide bonds. The Morgan fingerprint density at radius 1 is 0.875 bits per heavy atom. The monoisotopic (exact) mass is 376 g/mol. The van der Waals surface area contributed by atoms with Gasteiger partial charge in [0.1, 0.15) is 0 Å². The van der Waals surface area contributed by atoms with E-state index < -0.39 is 5.91 Å². The van der Waals surface area contributed by atoms with Crippen molar-refractivity contribution in [3.8, 4) is 22.4 Å². The molecule has 0 aliphatic heterocycles. The number of aromatic nitrogens is 1. The lowest BCUT2D eigenvalue weighted by molar-refractivity contribution is 0.1000. The fraction of sp³-hybridized carbons (Fsp3) is 0. The van der Waals surface area contributed by atoms with Crippen LogP contribution in [0.15, 0.2) is 54.7 Å². The van der Waals surface area contributed by atoms with Crippen LogP contribution in [-0.4, -0.2) is 10.9 Å². The van der Waals surface area contributed by atoms with E-state index >= 15 is 0 Å². The van der Waals surface area contributed by atoms with E-state index in [1.807, 2.05) is 12.1 Å². The first-order chi connectivity index (χ1) is 11.5. The average Bonchev–Trinajstić information content (AvgIpc) is 2.55. The number of carbonyl (C=O) groups is 1. The van der Waals surface area contributed by atoms with Crippen LogP contribution in [0, 0.1) is 0 Å². The Labute approximate surface area is 154 Å². The van der Waals surface area contributed by atoms with Gasteiger partial charge in [-0.25, -0.2) is 0 Å². The minimum absolute atomic E-state index is 0.314. The molecule has 0 atom stereocenters. The minimum atomic E-state index is -0.550. The lowest BCUT2D eigenvalue weighted by Crippen LogP contribution is -2.11. The van der Waals surface area contributed by atoms with Crippen LogP contribution in [0.3, 0.4) is 0 Å². The Hall–Kier alpha value is -2.07. The van der Waals surface area contributed by atoms with Crippen molar-refractivity contribution in [2.75, 3.05) is 0 Å². The van der Waals surface area contributed by atoms with E-state index in [1.54, 1.807) is 36.4 Å². The SMILES string of the molecule is NC(=O)c1cnc(-c2ccc(Cl)cc2Cl)c(-c2ccc(Cl)cc2)c1. The van der Waals surface area contributed by atoms with Gasteiger partial charge in [0.05, 0.1) is 16.3 Å². The minimum Gasteiger partial charge on any atom is -0.366 e. The third kappa shape index (κ3) is 3.39. The predicted octanol–water partition coefficient (Wildman–Crippen LogP) is 5.47. The van der Waals surface area contributed by atoms with Gasteiger partial charge in [-0.3, -0.25) is 9.78 Å². The van der Waals surface area contributed by atoms with Gasteiger partial charge in [0.25, 0.3) is 0 Å². The summed E-state index contributed by atoms with van der Waals surface area (Å²) in [7, 11) is 0. The van der Waals surface area contributed by atoms with Crippen LogP contribution in [0.1, 0.15) is 10.4 Å². The highest BCUT2D eigenvalue weighted by molar-refractivity contribution is 6.36. The number of nitrogens with zero attached hydrogens (tertiary/aromatic N) is 1. The van der Waals surface area contributed by atoms with Crippen molar-refractivity contribution >= 4 is 40.7 Å². The number of benzene rings is 2. The highest BCUT2D eigenvalue weighted by atomic mass is 35.5. The normalized spacial score (nSPS) is 10.6. The Balaban J connectivity index is 2.25. The van der Waals surface area contributed by atoms with Gasteiger partial charge in [0.2, 0.25) is 5.91 Å². The third-order valence-electron chi connectivity index (χ3n) is 3.51. The summed E-state index contributed by atoms with van der Waals surface area (Å²) in [6.45, 7) is 0. The number of carbonyl (C=O) groups excluding carboxylic acids is 1. The Kier molecular flexibility index (Phi) is 4.76. The molecule has 0 fully saturated rings. The summed E-state index contributed by atoms with van der Waals surface area (Å²) >= 11 is 18.2. The Bertz CT molecular complexity index is 924. The summed E-state index contributed by atoms with van der Waals surface area (Å²) in [6, 6.07) is 14.1. The molecular weight excluding hydrogens is 367 g/mol. The molecule has 24 heavy (non-hydrogen) atoms. The maximum absolute atomic E-state index is 11.5. The molecule has 0 aliphatic carbocycles. The molecule has 120 valence electrons. The molecule has 0 bridgehead atoms. The molecule has 0 unspecified atom stereocenters. The van der Waals surface area contributed by atoms with Crippen molar-refractivity contribution in [1.82, 2.24) is 4.98 Å². The van der Waals surface area contributed by atoms with Crippen LogP contribution >= 0.6 is 34.8 Å². The number of hydrogen-bond donors (Lipinski definition) is 1. The third-order valence-corrected chi connectivity index (χ3v) is 4.31. The summed E-state index contributed by atoms with van der Waals surface area (Å²) < 4.78 is 0. The van der Waals surface area contributed by atoms with Crippen LogP contribution < -0.4 is 5.73 Å². The van der Waals surface area contributed by atoms with Crippen LogP contribution in [0.5, 0.6) is 0 Å². The molecule has 3 rings (SSSR count). The lowest BCUT2D eigenvalue weighted by Gasteiger charge is -2.12. The molecule has 0 saturated heterocycles. The van der Waals surface area contributed by atoms with E-state index in [4.69, 9.17) is 40.5 Å². The van der Waals surface area contributed by atoms with E-state index in [1.165, 1.54) is 6.20 Å². The maximum atomic E-state index is 11.5. The summed E-state index contributed by atoms with van der Waals surface area (Å²) in [5, 5.41) is 1.62. The largest absolute Gasteiger partial charge is 0.366 e. The Morgan fingerprint density at radius 2 is 1.54 bits per heavy atom. The van der Waals surface area contributed by atoms with E-state index in [-0.39, 0.29) is 0 Å². The molecule has 1 aromatic heterocycles. The van der Waals surface area contributed by atoms with Gasteiger partial charge in [0, 0.05) is 27.4 Å². The Morgan fingerprint density at radius 3 is 2.17 bits per heavy atom. The van der Waals surface area contributed by atoms with Crippen LogP contribution in [0.2, 0.25) is 15.1 Å². The van der Waals surface area contributed by atoms with Crippen LogP contribution in [0.25, 0.3) is 22.4 Å². The van der Waals surface area contributed by atoms with Gasteiger partial charge in [-0.1, -0.05) is 46.9 Å². The number of amides is 1. The van der Waals surface area contributed by atoms with Gasteiger partial charge in [0.15, 0.2) is 0 Å². The summed E-state index contributed by atoms with van der Waals surface area (Å²) in [5.41, 5.74) is 8.60. The average molecular weight is 378 g/mol. The molecule has 0 spiro atoms. The van der Waals surface area contributed by atoms with Gasteiger partial charge in [-0.2, -0.15) is 0 Å². The van der Waals surface area contributed by atoms with Crippen molar-refractivity contribution in [2.45, 2.75) is 0 Å². The molecule has 0 aliphatic rings. The molecule has 3 aromatic rings. The van der Waals surface area contributed by atoms with E-state index in [0.717, 1.165) is 11.1 Å². The first-order valence-electron chi connectivity index (χ1n) is 6.97. The number of hydrogen-bond acceptors (Lipinski definition) is 2. The standard InChI is InChI=1S/C18H11Cl3N2O/c19-12-3-1-10(2-4-12)15-7-11(18(22)24)9-23-17(15)14-6-5-13(20)8-16(14)21/h1-9H,(H2,22,24). The molecule has 0 saturated carbocycles. The number of halogens is 3. The number of pyridine rings is 1. The van der Waals surface area contributed by atoms with E-state index in [0.29, 0.717) is 31.9 Å². The van der Waals surface area contributed by atoms with Crippen molar-refractivity contribution in [3.05, 3.63) is 75.4 Å². The summed E-state index contributed by atoms with van der Waals surface area (Å²) in [6.07, 6.45) is 1.43. The van der Waals surface area contributed by atoms with E-state index in [2.05, 4.69) is 4.98 Å². The lowest BCUT2D eigenvalue weighted by atomic mass is 9.97. The van der Waals surface area contributed by atoms with Crippen molar-refractivity contribution in [1.29, 1.82) is 0 Å². The summed E-state index contributed by atoms with van der Waals surface area (Å²) in [4.78, 5) is 15.9. The quantitative estimate of drug-likeness (QED) is 0.657. The zero-order valence-electron chi connectivity index (χ0n) is 12.3. The van der Waals surface area contributed by atoms with Gasteiger partial charge < -0.3 is 5.73 Å².